The van der Waals surface area contributed by atoms with Crippen molar-refractivity contribution in [3.8, 4) is 78.5 Å². The van der Waals surface area contributed by atoms with Gasteiger partial charge in [0.15, 0.2) is 0 Å². The van der Waals surface area contributed by atoms with Crippen LogP contribution in [0.4, 0.5) is 0 Å². The lowest BCUT2D eigenvalue weighted by molar-refractivity contribution is 0.996. The molecule has 9 rings (SSSR count). The second-order valence-electron chi connectivity index (χ2n) is 12.9. The number of dihydropyridines is 1. The fourth-order valence-corrected chi connectivity index (χ4v) is 7.08. The molecule has 6 heterocycles. The van der Waals surface area contributed by atoms with Gasteiger partial charge in [-0.3, -0.25) is 24.9 Å². The number of pyridine rings is 5. The first-order valence-electron chi connectivity index (χ1n) is 18.0. The summed E-state index contributed by atoms with van der Waals surface area (Å²) in [6.07, 6.45) is 15.5. The lowest BCUT2D eigenvalue weighted by Crippen LogP contribution is -2.15. The molecule has 6 heteroatoms. The average molecular weight is 695 g/mol. The Bertz CT molecular complexity index is 2550. The Kier molecular flexibility index (Phi) is 8.89. The highest BCUT2D eigenvalue weighted by Crippen LogP contribution is 2.43. The molecule has 0 spiro atoms. The molecule has 0 saturated carbocycles. The molecule has 0 amide bonds. The van der Waals surface area contributed by atoms with Gasteiger partial charge in [0.2, 0.25) is 0 Å². The summed E-state index contributed by atoms with van der Waals surface area (Å²) < 4.78 is 0. The largest absolute Gasteiger partial charge is 0.381 e. The van der Waals surface area contributed by atoms with E-state index in [1.807, 2.05) is 97.7 Å². The van der Waals surface area contributed by atoms with E-state index in [2.05, 4.69) is 96.3 Å². The number of hydrogen-bond acceptors (Lipinski definition) is 6. The van der Waals surface area contributed by atoms with Crippen LogP contribution in [0, 0.1) is 0 Å². The summed E-state index contributed by atoms with van der Waals surface area (Å²) in [5, 5.41) is 3.60. The van der Waals surface area contributed by atoms with Crippen molar-refractivity contribution in [1.82, 2.24) is 30.2 Å². The number of nitrogens with zero attached hydrogens (tertiary/aromatic N) is 5. The molecular weight excluding hydrogens is 661 g/mol. The lowest BCUT2D eigenvalue weighted by atomic mass is 9.87. The van der Waals surface area contributed by atoms with Crippen molar-refractivity contribution >= 4 is 5.70 Å². The minimum Gasteiger partial charge on any atom is -0.381 e. The molecule has 0 bridgehead atoms. The van der Waals surface area contributed by atoms with Crippen molar-refractivity contribution in [2.75, 3.05) is 6.54 Å². The van der Waals surface area contributed by atoms with Crippen molar-refractivity contribution < 1.29 is 0 Å². The van der Waals surface area contributed by atoms with E-state index in [1.165, 1.54) is 0 Å². The highest BCUT2D eigenvalue weighted by atomic mass is 14.9. The lowest BCUT2D eigenvalue weighted by Gasteiger charge is -2.21. The molecule has 0 saturated heterocycles. The van der Waals surface area contributed by atoms with Crippen molar-refractivity contribution in [2.24, 2.45) is 0 Å². The van der Waals surface area contributed by atoms with Crippen LogP contribution < -0.4 is 5.32 Å². The fraction of sp³-hybridized carbons (Fsp3) is 0.0208. The number of aromatic nitrogens is 5. The molecule has 3 aromatic carbocycles. The van der Waals surface area contributed by atoms with Gasteiger partial charge in [0.25, 0.3) is 0 Å². The fourth-order valence-electron chi connectivity index (χ4n) is 7.08. The van der Waals surface area contributed by atoms with E-state index in [0.717, 1.165) is 96.3 Å². The second kappa shape index (κ2) is 14.7. The maximum absolute atomic E-state index is 4.81. The van der Waals surface area contributed by atoms with Crippen molar-refractivity contribution in [3.63, 3.8) is 0 Å². The number of rotatable bonds is 8. The smallest absolute Gasteiger partial charge is 0.0715 e. The maximum atomic E-state index is 4.81. The molecule has 0 aliphatic carbocycles. The van der Waals surface area contributed by atoms with Gasteiger partial charge >= 0.3 is 0 Å². The second-order valence-corrected chi connectivity index (χ2v) is 12.9. The van der Waals surface area contributed by atoms with E-state index in [0.29, 0.717) is 0 Å². The summed E-state index contributed by atoms with van der Waals surface area (Å²) in [7, 11) is 0. The van der Waals surface area contributed by atoms with E-state index < -0.39 is 0 Å². The third kappa shape index (κ3) is 6.49. The summed E-state index contributed by atoms with van der Waals surface area (Å²) in [6.45, 7) is 0.755. The van der Waals surface area contributed by atoms with Crippen molar-refractivity contribution in [2.45, 2.75) is 0 Å². The number of allylic oxidation sites excluding steroid dienone is 2. The molecular formula is C48H34N6. The monoisotopic (exact) mass is 694 g/mol. The summed E-state index contributed by atoms with van der Waals surface area (Å²) in [4.78, 5) is 24.0. The van der Waals surface area contributed by atoms with E-state index in [1.54, 1.807) is 0 Å². The summed E-state index contributed by atoms with van der Waals surface area (Å²) in [6, 6.07) is 47.9. The summed E-state index contributed by atoms with van der Waals surface area (Å²) in [5.41, 5.74) is 15.9. The first-order valence-corrected chi connectivity index (χ1v) is 18.0. The standard InChI is InChI=1S/C48H34N6/c1-7-23-49-41(13-1)37-29-35(30-38(42-14-2-8-24-50-42)47(37)45-17-5-11-27-53-45)33-19-21-34(22-20-33)36-31-39(43-15-3-9-25-51-43)48(46-18-6-12-28-54-46)40(32-36)44-16-4-10-26-52-44/h1-25,27-32,52H,26H2. The normalized spacial score (nSPS) is 12.2. The van der Waals surface area contributed by atoms with E-state index in [9.17, 15) is 0 Å². The van der Waals surface area contributed by atoms with E-state index in [4.69, 9.17) is 24.9 Å². The molecule has 1 aliphatic heterocycles. The van der Waals surface area contributed by atoms with Crippen LogP contribution in [0.3, 0.4) is 0 Å². The van der Waals surface area contributed by atoms with Gasteiger partial charge in [-0.15, -0.1) is 0 Å². The summed E-state index contributed by atoms with van der Waals surface area (Å²) in [5.74, 6) is 0. The Balaban J connectivity index is 1.21. The van der Waals surface area contributed by atoms with Crippen LogP contribution in [0.15, 0.2) is 189 Å². The topological polar surface area (TPSA) is 76.5 Å². The van der Waals surface area contributed by atoms with Gasteiger partial charge < -0.3 is 5.32 Å². The number of hydrogen-bond donors (Lipinski definition) is 1. The van der Waals surface area contributed by atoms with Crippen LogP contribution in [0.1, 0.15) is 5.56 Å². The predicted octanol–water partition coefficient (Wildman–Crippen LogP) is 10.8. The number of nitrogens with one attached hydrogen (secondary N) is 1. The van der Waals surface area contributed by atoms with Crippen molar-refractivity contribution in [1.29, 1.82) is 0 Å². The third-order valence-corrected chi connectivity index (χ3v) is 9.59. The van der Waals surface area contributed by atoms with Gasteiger partial charge in [-0.1, -0.05) is 66.7 Å². The molecule has 8 aromatic rings. The SMILES string of the molecule is C1=CCNC(c2cc(-c3ccc(-c4cc(-c5ccccn5)c(-c5ccccn5)c(-c5ccccn5)c4)cc3)cc(-c3ccccn3)c2-c2ccccn2)=C1. The Hall–Kier alpha value is -7.31. The van der Waals surface area contributed by atoms with Gasteiger partial charge in [0.05, 0.1) is 28.5 Å². The molecule has 6 nitrogen and oxygen atoms in total. The maximum Gasteiger partial charge on any atom is 0.0715 e. The molecule has 0 atom stereocenters. The minimum absolute atomic E-state index is 0.755. The van der Waals surface area contributed by atoms with Gasteiger partial charge in [0, 0.05) is 76.6 Å². The highest BCUT2D eigenvalue weighted by molar-refractivity contribution is 5.96. The Morgan fingerprint density at radius 3 is 1.09 bits per heavy atom. The van der Waals surface area contributed by atoms with Crippen LogP contribution >= 0.6 is 0 Å². The average Bonchev–Trinajstić information content (AvgIpc) is 3.27. The quantitative estimate of drug-likeness (QED) is 0.171. The molecule has 0 unspecified atom stereocenters. The molecule has 256 valence electrons. The van der Waals surface area contributed by atoms with Gasteiger partial charge in [-0.25, -0.2) is 0 Å². The third-order valence-electron chi connectivity index (χ3n) is 9.59. The molecule has 0 fully saturated rings. The van der Waals surface area contributed by atoms with Crippen LogP contribution in [0.2, 0.25) is 0 Å². The van der Waals surface area contributed by atoms with Gasteiger partial charge in [0.1, 0.15) is 0 Å². The first-order chi connectivity index (χ1) is 26.8. The van der Waals surface area contributed by atoms with Crippen LogP contribution in [0.25, 0.3) is 84.2 Å². The molecule has 5 aromatic heterocycles. The minimum atomic E-state index is 0.755. The first kappa shape index (κ1) is 32.6. The van der Waals surface area contributed by atoms with Crippen LogP contribution in [-0.2, 0) is 0 Å². The van der Waals surface area contributed by atoms with Gasteiger partial charge in [-0.05, 0) is 113 Å². The zero-order chi connectivity index (χ0) is 36.1. The zero-order valence-corrected chi connectivity index (χ0v) is 29.3. The van der Waals surface area contributed by atoms with E-state index in [-0.39, 0.29) is 0 Å². The Morgan fingerprint density at radius 1 is 0.370 bits per heavy atom. The Morgan fingerprint density at radius 2 is 0.741 bits per heavy atom. The van der Waals surface area contributed by atoms with E-state index >= 15 is 0 Å². The highest BCUT2D eigenvalue weighted by Gasteiger charge is 2.21. The van der Waals surface area contributed by atoms with Crippen LogP contribution in [-0.4, -0.2) is 31.5 Å². The van der Waals surface area contributed by atoms with Crippen molar-refractivity contribution in [3.05, 3.63) is 194 Å². The van der Waals surface area contributed by atoms with Crippen LogP contribution in [0.5, 0.6) is 0 Å². The Labute approximate surface area is 314 Å². The molecule has 1 aliphatic rings. The predicted molar refractivity (Wildman–Crippen MR) is 219 cm³/mol. The van der Waals surface area contributed by atoms with Gasteiger partial charge in [-0.2, -0.15) is 0 Å². The zero-order valence-electron chi connectivity index (χ0n) is 29.3. The molecule has 0 radical (unpaired) electrons. The molecule has 1 N–H and O–H groups in total. The number of benzene rings is 3. The summed E-state index contributed by atoms with van der Waals surface area (Å²) >= 11 is 0. The molecule has 54 heavy (non-hydrogen) atoms.